The molecular formula is C8H16N4S. The third kappa shape index (κ3) is 3.78. The zero-order chi connectivity index (χ0) is 9.90. The largest absolute Gasteiger partial charge is 0.325 e. The Morgan fingerprint density at radius 3 is 2.77 bits per heavy atom. The third-order valence-electron chi connectivity index (χ3n) is 1.51. The summed E-state index contributed by atoms with van der Waals surface area (Å²) in [6.45, 7) is 4.05. The van der Waals surface area contributed by atoms with Crippen molar-refractivity contribution in [3.05, 3.63) is 12.2 Å². The standard InChI is InChI=1S/C8H16N4S/c1-8(2,9)5-13-4-7-10-6-11-12(7)3/h6H,4-5,9H2,1-3H3. The first kappa shape index (κ1) is 10.5. The Labute approximate surface area is 82.9 Å². The molecule has 0 aliphatic heterocycles. The molecule has 0 aliphatic rings. The minimum absolute atomic E-state index is 0.108. The number of hydrogen-bond donors (Lipinski definition) is 1. The van der Waals surface area contributed by atoms with Crippen molar-refractivity contribution >= 4 is 11.8 Å². The van der Waals surface area contributed by atoms with E-state index in [0.717, 1.165) is 17.3 Å². The van der Waals surface area contributed by atoms with Crippen LogP contribution in [0.5, 0.6) is 0 Å². The molecule has 0 atom stereocenters. The Morgan fingerprint density at radius 1 is 1.62 bits per heavy atom. The summed E-state index contributed by atoms with van der Waals surface area (Å²) in [6, 6.07) is 0. The van der Waals surface area contributed by atoms with E-state index in [4.69, 9.17) is 5.73 Å². The summed E-state index contributed by atoms with van der Waals surface area (Å²) in [5.41, 5.74) is 5.74. The molecule has 0 bridgehead atoms. The number of hydrogen-bond acceptors (Lipinski definition) is 4. The molecule has 5 heteroatoms. The maximum atomic E-state index is 5.85. The van der Waals surface area contributed by atoms with Crippen LogP contribution < -0.4 is 5.73 Å². The number of rotatable bonds is 4. The van der Waals surface area contributed by atoms with E-state index >= 15 is 0 Å². The maximum absolute atomic E-state index is 5.85. The van der Waals surface area contributed by atoms with E-state index in [1.54, 1.807) is 22.8 Å². The Hall–Kier alpha value is -0.550. The van der Waals surface area contributed by atoms with Crippen molar-refractivity contribution in [2.75, 3.05) is 5.75 Å². The molecule has 0 unspecified atom stereocenters. The summed E-state index contributed by atoms with van der Waals surface area (Å²) in [5, 5.41) is 3.99. The van der Waals surface area contributed by atoms with Crippen LogP contribution in [0, 0.1) is 0 Å². The Balaban J connectivity index is 2.32. The molecule has 1 rings (SSSR count). The normalized spacial score (nSPS) is 12.0. The molecule has 2 N–H and O–H groups in total. The van der Waals surface area contributed by atoms with Crippen LogP contribution in [0.1, 0.15) is 19.7 Å². The first-order valence-corrected chi connectivity index (χ1v) is 5.34. The molecule has 0 spiro atoms. The number of thioether (sulfide) groups is 1. The van der Waals surface area contributed by atoms with Crippen LogP contribution in [-0.2, 0) is 12.8 Å². The van der Waals surface area contributed by atoms with Gasteiger partial charge in [-0.3, -0.25) is 4.68 Å². The van der Waals surface area contributed by atoms with Crippen molar-refractivity contribution in [2.24, 2.45) is 12.8 Å². The van der Waals surface area contributed by atoms with Crippen LogP contribution in [0.15, 0.2) is 6.33 Å². The van der Waals surface area contributed by atoms with E-state index in [-0.39, 0.29) is 5.54 Å². The number of nitrogens with zero attached hydrogens (tertiary/aromatic N) is 3. The zero-order valence-electron chi connectivity index (χ0n) is 8.32. The lowest BCUT2D eigenvalue weighted by Gasteiger charge is -2.16. The molecular weight excluding hydrogens is 184 g/mol. The minimum atomic E-state index is -0.108. The van der Waals surface area contributed by atoms with Gasteiger partial charge in [-0.05, 0) is 13.8 Å². The fourth-order valence-corrected chi connectivity index (χ4v) is 1.93. The summed E-state index contributed by atoms with van der Waals surface area (Å²) in [4.78, 5) is 4.13. The second kappa shape index (κ2) is 4.11. The van der Waals surface area contributed by atoms with Gasteiger partial charge in [0.05, 0.1) is 5.75 Å². The van der Waals surface area contributed by atoms with Gasteiger partial charge in [-0.15, -0.1) is 0 Å². The summed E-state index contributed by atoms with van der Waals surface area (Å²) in [7, 11) is 1.90. The molecule has 0 amide bonds. The van der Waals surface area contributed by atoms with Gasteiger partial charge in [-0.2, -0.15) is 16.9 Å². The predicted molar refractivity (Wildman–Crippen MR) is 55.4 cm³/mol. The van der Waals surface area contributed by atoms with Crippen molar-refractivity contribution in [3.8, 4) is 0 Å². The highest BCUT2D eigenvalue weighted by Gasteiger charge is 2.11. The number of aryl methyl sites for hydroxylation is 1. The second-order valence-corrected chi connectivity index (χ2v) is 4.77. The molecule has 0 saturated heterocycles. The molecule has 0 radical (unpaired) electrons. The molecule has 1 aromatic heterocycles. The van der Waals surface area contributed by atoms with Crippen LogP contribution in [0.4, 0.5) is 0 Å². The fourth-order valence-electron chi connectivity index (χ4n) is 0.856. The molecule has 0 aliphatic carbocycles. The van der Waals surface area contributed by atoms with E-state index in [1.165, 1.54) is 0 Å². The quantitative estimate of drug-likeness (QED) is 0.780. The van der Waals surface area contributed by atoms with Crippen LogP contribution in [0.25, 0.3) is 0 Å². The monoisotopic (exact) mass is 200 g/mol. The second-order valence-electron chi connectivity index (χ2n) is 3.78. The van der Waals surface area contributed by atoms with Gasteiger partial charge in [-0.1, -0.05) is 0 Å². The lowest BCUT2D eigenvalue weighted by Crippen LogP contribution is -2.34. The summed E-state index contributed by atoms with van der Waals surface area (Å²) < 4.78 is 1.79. The smallest absolute Gasteiger partial charge is 0.138 e. The van der Waals surface area contributed by atoms with Crippen molar-refractivity contribution in [3.63, 3.8) is 0 Å². The summed E-state index contributed by atoms with van der Waals surface area (Å²) in [5.74, 6) is 2.80. The van der Waals surface area contributed by atoms with Crippen LogP contribution in [0.3, 0.4) is 0 Å². The fraction of sp³-hybridized carbons (Fsp3) is 0.750. The van der Waals surface area contributed by atoms with Gasteiger partial charge >= 0.3 is 0 Å². The summed E-state index contributed by atoms with van der Waals surface area (Å²) >= 11 is 1.78. The van der Waals surface area contributed by atoms with E-state index in [9.17, 15) is 0 Å². The van der Waals surface area contributed by atoms with Gasteiger partial charge in [0, 0.05) is 18.3 Å². The summed E-state index contributed by atoms with van der Waals surface area (Å²) in [6.07, 6.45) is 1.57. The molecule has 1 heterocycles. The average molecular weight is 200 g/mol. The highest BCUT2D eigenvalue weighted by Crippen LogP contribution is 2.14. The highest BCUT2D eigenvalue weighted by atomic mass is 32.2. The number of aromatic nitrogens is 3. The molecule has 1 aromatic rings. The van der Waals surface area contributed by atoms with Crippen LogP contribution in [-0.4, -0.2) is 26.1 Å². The Bertz CT molecular complexity index is 263. The van der Waals surface area contributed by atoms with Gasteiger partial charge < -0.3 is 5.73 Å². The first-order chi connectivity index (χ1) is 5.99. The molecule has 13 heavy (non-hydrogen) atoms. The average Bonchev–Trinajstić information content (AvgIpc) is 2.34. The van der Waals surface area contributed by atoms with E-state index in [2.05, 4.69) is 10.1 Å². The molecule has 4 nitrogen and oxygen atoms in total. The maximum Gasteiger partial charge on any atom is 0.138 e. The van der Waals surface area contributed by atoms with Crippen molar-refractivity contribution in [1.29, 1.82) is 0 Å². The van der Waals surface area contributed by atoms with Gasteiger partial charge in [-0.25, -0.2) is 4.98 Å². The lowest BCUT2D eigenvalue weighted by atomic mass is 10.1. The molecule has 74 valence electrons. The number of nitrogens with two attached hydrogens (primary N) is 1. The predicted octanol–water partition coefficient (Wildman–Crippen LogP) is 0.786. The van der Waals surface area contributed by atoms with E-state index in [0.29, 0.717) is 0 Å². The topological polar surface area (TPSA) is 56.7 Å². The van der Waals surface area contributed by atoms with Crippen LogP contribution in [0.2, 0.25) is 0 Å². The van der Waals surface area contributed by atoms with Gasteiger partial charge in [0.1, 0.15) is 12.2 Å². The van der Waals surface area contributed by atoms with E-state index < -0.39 is 0 Å². The molecule has 0 saturated carbocycles. The van der Waals surface area contributed by atoms with Gasteiger partial charge in [0.25, 0.3) is 0 Å². The minimum Gasteiger partial charge on any atom is -0.325 e. The lowest BCUT2D eigenvalue weighted by molar-refractivity contribution is 0.591. The SMILES string of the molecule is Cn1ncnc1CSCC(C)(C)N. The van der Waals surface area contributed by atoms with Crippen LogP contribution >= 0.6 is 11.8 Å². The van der Waals surface area contributed by atoms with Crippen molar-refractivity contribution in [1.82, 2.24) is 14.8 Å². The third-order valence-corrected chi connectivity index (χ3v) is 2.92. The van der Waals surface area contributed by atoms with Crippen molar-refractivity contribution in [2.45, 2.75) is 25.1 Å². The van der Waals surface area contributed by atoms with Gasteiger partial charge in [0.15, 0.2) is 0 Å². The van der Waals surface area contributed by atoms with Crippen molar-refractivity contribution < 1.29 is 0 Å². The van der Waals surface area contributed by atoms with E-state index in [1.807, 2.05) is 20.9 Å². The Kier molecular flexibility index (Phi) is 3.33. The molecule has 0 aromatic carbocycles. The van der Waals surface area contributed by atoms with Gasteiger partial charge in [0.2, 0.25) is 0 Å². The highest BCUT2D eigenvalue weighted by molar-refractivity contribution is 7.98. The molecule has 0 fully saturated rings. The zero-order valence-corrected chi connectivity index (χ0v) is 9.14. The first-order valence-electron chi connectivity index (χ1n) is 4.18. The Morgan fingerprint density at radius 2 is 2.31 bits per heavy atom.